The van der Waals surface area contributed by atoms with Crippen LogP contribution in [0.5, 0.6) is 0 Å². The van der Waals surface area contributed by atoms with Crippen LogP contribution in [-0.4, -0.2) is 87.5 Å². The van der Waals surface area contributed by atoms with E-state index in [4.69, 9.17) is 9.47 Å². The molecule has 1 fully saturated rings. The molecule has 0 bridgehead atoms. The van der Waals surface area contributed by atoms with Crippen molar-refractivity contribution in [2.45, 2.75) is 326 Å². The van der Waals surface area contributed by atoms with Gasteiger partial charge >= 0.3 is 0 Å². The van der Waals surface area contributed by atoms with E-state index in [9.17, 15) is 30.3 Å². The molecule has 9 nitrogen and oxygen atoms in total. The van der Waals surface area contributed by atoms with E-state index in [2.05, 4.69) is 141 Å². The van der Waals surface area contributed by atoms with Crippen LogP contribution < -0.4 is 5.32 Å². The summed E-state index contributed by atoms with van der Waals surface area (Å²) in [5, 5.41) is 54.7. The maximum Gasteiger partial charge on any atom is 0.220 e. The van der Waals surface area contributed by atoms with Gasteiger partial charge in [0.15, 0.2) is 6.29 Å². The lowest BCUT2D eigenvalue weighted by Gasteiger charge is -2.40. The van der Waals surface area contributed by atoms with Crippen LogP contribution in [0.1, 0.15) is 284 Å². The lowest BCUT2D eigenvalue weighted by atomic mass is 9.99. The van der Waals surface area contributed by atoms with Gasteiger partial charge < -0.3 is 40.3 Å². The highest BCUT2D eigenvalue weighted by molar-refractivity contribution is 5.76. The Kier molecular flexibility index (Phi) is 59.1. The molecule has 0 aromatic carbocycles. The number of aliphatic hydroxyl groups excluding tert-OH is 5. The molecular formula is C76H129NO8. The molecule has 0 spiro atoms. The first-order valence-corrected chi connectivity index (χ1v) is 34.9. The first-order valence-electron chi connectivity index (χ1n) is 34.9. The molecular weight excluding hydrogens is 1050 g/mol. The fourth-order valence-electron chi connectivity index (χ4n) is 10.3. The van der Waals surface area contributed by atoms with Crippen molar-refractivity contribution in [3.8, 4) is 0 Å². The van der Waals surface area contributed by atoms with E-state index in [1.165, 1.54) is 167 Å². The quantitative estimate of drug-likeness (QED) is 0.0261. The Morgan fingerprint density at radius 3 is 1.13 bits per heavy atom. The second-order valence-corrected chi connectivity index (χ2v) is 23.6. The van der Waals surface area contributed by atoms with Gasteiger partial charge in [0.05, 0.1) is 25.4 Å². The Morgan fingerprint density at radius 2 is 0.741 bits per heavy atom. The van der Waals surface area contributed by atoms with Gasteiger partial charge in [-0.3, -0.25) is 4.79 Å². The maximum atomic E-state index is 13.1. The highest BCUT2D eigenvalue weighted by atomic mass is 16.7. The first kappa shape index (κ1) is 79.3. The number of hydrogen-bond donors (Lipinski definition) is 6. The van der Waals surface area contributed by atoms with E-state index >= 15 is 0 Å². The Labute approximate surface area is 521 Å². The molecule has 0 aliphatic carbocycles. The van der Waals surface area contributed by atoms with Crippen molar-refractivity contribution < 1.29 is 39.8 Å². The Balaban J connectivity index is 2.13. The summed E-state index contributed by atoms with van der Waals surface area (Å²) in [5.41, 5.74) is 0. The lowest BCUT2D eigenvalue weighted by molar-refractivity contribution is -0.302. The average molecular weight is 1180 g/mol. The van der Waals surface area contributed by atoms with E-state index < -0.39 is 49.5 Å². The molecule has 1 saturated heterocycles. The molecule has 0 aromatic rings. The van der Waals surface area contributed by atoms with E-state index in [0.717, 1.165) is 96.3 Å². The molecule has 486 valence electrons. The number of amides is 1. The summed E-state index contributed by atoms with van der Waals surface area (Å²) in [6.07, 6.45) is 89.8. The van der Waals surface area contributed by atoms with Crippen molar-refractivity contribution in [1.29, 1.82) is 0 Å². The van der Waals surface area contributed by atoms with Crippen molar-refractivity contribution in [2.75, 3.05) is 13.2 Å². The standard InChI is InChI=1S/C76H129NO8/c1-3-5-7-9-11-13-15-17-19-21-23-25-26-27-28-29-30-31-32-33-34-35-36-37-38-39-40-41-42-43-44-46-48-50-52-54-56-58-60-62-64-66-72(80)77-69(68-84-76-75(83)74(82)73(81)71(67-78)85-76)70(79)65-63-61-59-57-55-53-51-49-47-45-24-22-20-18-16-14-12-10-8-6-4-2/h5,7,11,13,17,19,23,25,27-28,30-31,33-34,36-37,47,49,55,57,63,65,69-71,73-76,78-79,81-83H,3-4,6,8-10,12,14-16,18,20-22,24,26,29,32,35,38-46,48,50-54,56,58-62,64,66-68H2,1-2H3,(H,77,80)/b7-5-,13-11-,19-17-,25-23-,28-27-,31-30-,34-33-,37-36-,49-47+,57-55+,65-63+. The zero-order chi connectivity index (χ0) is 61.4. The van der Waals surface area contributed by atoms with Crippen LogP contribution in [0, 0.1) is 0 Å². The maximum absolute atomic E-state index is 13.1. The summed E-state index contributed by atoms with van der Waals surface area (Å²) >= 11 is 0. The summed E-state index contributed by atoms with van der Waals surface area (Å²) in [6, 6.07) is -0.836. The number of nitrogens with one attached hydrogen (secondary N) is 1. The summed E-state index contributed by atoms with van der Waals surface area (Å²) < 4.78 is 11.3. The molecule has 9 heteroatoms. The zero-order valence-electron chi connectivity index (χ0n) is 54.3. The molecule has 7 atom stereocenters. The molecule has 7 unspecified atom stereocenters. The third kappa shape index (κ3) is 52.0. The van der Waals surface area contributed by atoms with Crippen LogP contribution in [-0.2, 0) is 14.3 Å². The fraction of sp³-hybridized carbons (Fsp3) is 0.697. The molecule has 85 heavy (non-hydrogen) atoms. The highest BCUT2D eigenvalue weighted by Crippen LogP contribution is 2.23. The summed E-state index contributed by atoms with van der Waals surface area (Å²) in [4.78, 5) is 13.1. The van der Waals surface area contributed by atoms with Gasteiger partial charge in [0.25, 0.3) is 0 Å². The second-order valence-electron chi connectivity index (χ2n) is 23.6. The van der Waals surface area contributed by atoms with E-state index in [0.29, 0.717) is 6.42 Å². The van der Waals surface area contributed by atoms with E-state index in [-0.39, 0.29) is 12.5 Å². The lowest BCUT2D eigenvalue weighted by Crippen LogP contribution is -2.60. The molecule has 0 radical (unpaired) electrons. The minimum absolute atomic E-state index is 0.193. The number of aliphatic hydroxyl groups is 5. The normalized spacial score (nSPS) is 19.0. The predicted octanol–water partition coefficient (Wildman–Crippen LogP) is 19.2. The van der Waals surface area contributed by atoms with Crippen molar-refractivity contribution in [2.24, 2.45) is 0 Å². The molecule has 1 amide bonds. The summed E-state index contributed by atoms with van der Waals surface area (Å²) in [5.74, 6) is -0.193. The SMILES string of the molecule is CC/C=C\C/C=C\C/C=C\C/C=C\C/C=C\C/C=C\C/C=C\C/C=C\CCCCCCCCCCCCCCCCCCC(=O)NC(COC1OC(CO)C(O)C(O)C1O)C(O)/C=C/CC/C=C/CC/C=C/CCCCCCCCCCCCC. The fourth-order valence-corrected chi connectivity index (χ4v) is 10.3. The monoisotopic (exact) mass is 1180 g/mol. The number of carbonyl (C=O) groups is 1. The minimum Gasteiger partial charge on any atom is -0.394 e. The highest BCUT2D eigenvalue weighted by Gasteiger charge is 2.44. The number of ether oxygens (including phenoxy) is 2. The number of allylic oxidation sites excluding steroid dienone is 21. The van der Waals surface area contributed by atoms with Gasteiger partial charge in [-0.1, -0.05) is 302 Å². The van der Waals surface area contributed by atoms with Gasteiger partial charge in [0, 0.05) is 6.42 Å². The Bertz CT molecular complexity index is 1800. The Hall–Kier alpha value is -3.67. The molecule has 1 aliphatic rings. The number of carbonyl (C=O) groups excluding carboxylic acids is 1. The summed E-state index contributed by atoms with van der Waals surface area (Å²) in [6.45, 7) is 3.65. The van der Waals surface area contributed by atoms with Crippen molar-refractivity contribution >= 4 is 5.91 Å². The van der Waals surface area contributed by atoms with Gasteiger partial charge in [-0.25, -0.2) is 0 Å². The predicted molar refractivity (Wildman–Crippen MR) is 363 cm³/mol. The van der Waals surface area contributed by atoms with Crippen LogP contribution in [0.25, 0.3) is 0 Å². The number of hydrogen-bond acceptors (Lipinski definition) is 8. The molecule has 6 N–H and O–H groups in total. The second kappa shape index (κ2) is 63.4. The molecule has 0 saturated carbocycles. The molecule has 1 heterocycles. The van der Waals surface area contributed by atoms with Crippen LogP contribution in [0.3, 0.4) is 0 Å². The Morgan fingerprint density at radius 1 is 0.412 bits per heavy atom. The van der Waals surface area contributed by atoms with Gasteiger partial charge in [-0.15, -0.1) is 0 Å². The number of rotatable bonds is 59. The smallest absolute Gasteiger partial charge is 0.220 e. The third-order valence-corrected chi connectivity index (χ3v) is 15.7. The van der Waals surface area contributed by atoms with Crippen molar-refractivity contribution in [3.05, 3.63) is 134 Å². The van der Waals surface area contributed by atoms with Gasteiger partial charge in [0.1, 0.15) is 24.4 Å². The van der Waals surface area contributed by atoms with Gasteiger partial charge in [0.2, 0.25) is 5.91 Å². The van der Waals surface area contributed by atoms with Crippen LogP contribution in [0.4, 0.5) is 0 Å². The van der Waals surface area contributed by atoms with Crippen molar-refractivity contribution in [3.63, 3.8) is 0 Å². The zero-order valence-corrected chi connectivity index (χ0v) is 54.3. The number of unbranched alkanes of at least 4 members (excludes halogenated alkanes) is 29. The summed E-state index contributed by atoms with van der Waals surface area (Å²) in [7, 11) is 0. The third-order valence-electron chi connectivity index (χ3n) is 15.7. The van der Waals surface area contributed by atoms with E-state index in [1.807, 2.05) is 6.08 Å². The minimum atomic E-state index is -1.58. The van der Waals surface area contributed by atoms with E-state index in [1.54, 1.807) is 6.08 Å². The van der Waals surface area contributed by atoms with Gasteiger partial charge in [-0.05, 0) is 109 Å². The molecule has 1 rings (SSSR count). The molecule has 1 aliphatic heterocycles. The topological polar surface area (TPSA) is 149 Å². The van der Waals surface area contributed by atoms with Crippen molar-refractivity contribution in [1.82, 2.24) is 5.32 Å². The average Bonchev–Trinajstić information content (AvgIpc) is 3.68. The largest absolute Gasteiger partial charge is 0.394 e. The van der Waals surface area contributed by atoms with Crippen LogP contribution in [0.15, 0.2) is 134 Å². The first-order chi connectivity index (χ1) is 41.8. The van der Waals surface area contributed by atoms with Crippen LogP contribution >= 0.6 is 0 Å². The van der Waals surface area contributed by atoms with Gasteiger partial charge in [-0.2, -0.15) is 0 Å². The van der Waals surface area contributed by atoms with Crippen LogP contribution in [0.2, 0.25) is 0 Å². The molecule has 0 aromatic heterocycles.